The maximum atomic E-state index is 4.48. The van der Waals surface area contributed by atoms with E-state index >= 15 is 0 Å². The van der Waals surface area contributed by atoms with Crippen LogP contribution in [0.5, 0.6) is 0 Å². The second-order valence-electron chi connectivity index (χ2n) is 14.1. The summed E-state index contributed by atoms with van der Waals surface area (Å²) in [7, 11) is 2.15. The first-order chi connectivity index (χ1) is 27.1. The van der Waals surface area contributed by atoms with E-state index in [0.717, 1.165) is 17.0 Å². The average Bonchev–Trinajstić information content (AvgIpc) is 3.96. The predicted molar refractivity (Wildman–Crippen MR) is 243 cm³/mol. The summed E-state index contributed by atoms with van der Waals surface area (Å²) in [5.74, 6) is 0. The Kier molecular flexibility index (Phi) is 7.61. The third-order valence-electron chi connectivity index (χ3n) is 11.3. The number of rotatable bonds is 5. The quantitative estimate of drug-likeness (QED) is 0.188. The van der Waals surface area contributed by atoms with Gasteiger partial charge in [-0.3, -0.25) is 4.99 Å². The molecule has 264 valence electrons. The van der Waals surface area contributed by atoms with Gasteiger partial charge in [0.2, 0.25) is 0 Å². The van der Waals surface area contributed by atoms with E-state index in [9.17, 15) is 0 Å². The zero-order valence-corrected chi connectivity index (χ0v) is 31.6. The molecule has 4 aromatic heterocycles. The van der Waals surface area contributed by atoms with Crippen molar-refractivity contribution < 1.29 is 0 Å². The smallest absolute Gasteiger partial charge is 0.0971 e. The Morgan fingerprint density at radius 1 is 0.709 bits per heavy atom. The van der Waals surface area contributed by atoms with Crippen LogP contribution in [0.15, 0.2) is 146 Å². The third-order valence-corrected chi connectivity index (χ3v) is 12.5. The highest BCUT2D eigenvalue weighted by Crippen LogP contribution is 2.43. The molecule has 55 heavy (non-hydrogen) atoms. The van der Waals surface area contributed by atoms with Crippen molar-refractivity contribution in [3.05, 3.63) is 168 Å². The fraction of sp³-hybridized carbons (Fsp3) is 0.0600. The number of aliphatic imine (C=N–C) groups is 1. The Balaban J connectivity index is 0.000000143. The molecule has 4 nitrogen and oxygen atoms in total. The molecule has 5 heteroatoms. The third kappa shape index (κ3) is 4.73. The minimum Gasteiger partial charge on any atom is -0.346 e. The highest BCUT2D eigenvalue weighted by atomic mass is 32.1. The molecule has 1 atom stereocenters. The Labute approximate surface area is 323 Å². The van der Waals surface area contributed by atoms with Gasteiger partial charge in [0.05, 0.1) is 40.1 Å². The summed E-state index contributed by atoms with van der Waals surface area (Å²) in [5, 5.41) is 13.7. The summed E-state index contributed by atoms with van der Waals surface area (Å²) in [6, 6.07) is 31.3. The van der Waals surface area contributed by atoms with E-state index in [1.54, 1.807) is 17.7 Å². The van der Waals surface area contributed by atoms with Gasteiger partial charge in [0.15, 0.2) is 0 Å². The predicted octanol–water partition coefficient (Wildman–Crippen LogP) is 13.2. The molecular weight excluding hydrogens is 689 g/mol. The van der Waals surface area contributed by atoms with Crippen LogP contribution in [-0.2, 0) is 7.05 Å². The summed E-state index contributed by atoms with van der Waals surface area (Å²) < 4.78 is 6.02. The molecule has 0 fully saturated rings. The van der Waals surface area contributed by atoms with Gasteiger partial charge in [-0.15, -0.1) is 11.3 Å². The minimum atomic E-state index is 0.108. The molecule has 2 aliphatic rings. The van der Waals surface area contributed by atoms with Crippen LogP contribution in [0.3, 0.4) is 0 Å². The lowest BCUT2D eigenvalue weighted by molar-refractivity contribution is 0.939. The van der Waals surface area contributed by atoms with Crippen molar-refractivity contribution in [1.82, 2.24) is 14.3 Å². The van der Waals surface area contributed by atoms with Gasteiger partial charge in [-0.2, -0.15) is 0 Å². The van der Waals surface area contributed by atoms with Crippen molar-refractivity contribution in [2.24, 2.45) is 12.0 Å². The van der Waals surface area contributed by atoms with Gasteiger partial charge in [0, 0.05) is 76.5 Å². The molecule has 0 amide bonds. The zero-order chi connectivity index (χ0) is 37.4. The molecule has 0 bridgehead atoms. The van der Waals surface area contributed by atoms with Gasteiger partial charge in [0.1, 0.15) is 0 Å². The number of hydrogen-bond donors (Lipinski definition) is 1. The lowest BCUT2D eigenvalue weighted by Crippen LogP contribution is -2.23. The maximum Gasteiger partial charge on any atom is 0.0971 e. The van der Waals surface area contributed by atoms with Crippen LogP contribution in [0.25, 0.3) is 99.9 Å². The van der Waals surface area contributed by atoms with Crippen LogP contribution in [-0.4, -0.2) is 21.3 Å². The number of fused-ring (bicyclic) bond motifs is 12. The van der Waals surface area contributed by atoms with E-state index < -0.39 is 0 Å². The van der Waals surface area contributed by atoms with Crippen molar-refractivity contribution in [1.29, 1.82) is 0 Å². The number of para-hydroxylation sites is 2. The Bertz CT molecular complexity index is 3260. The van der Waals surface area contributed by atoms with Gasteiger partial charge in [-0.05, 0) is 42.3 Å². The normalized spacial score (nSPS) is 15.3. The number of aryl methyl sites for hydroxylation is 1. The van der Waals surface area contributed by atoms with E-state index in [1.807, 2.05) is 24.3 Å². The first-order valence-corrected chi connectivity index (χ1v) is 19.4. The number of nitrogens with zero attached hydrogens (tertiary/aromatic N) is 3. The molecule has 9 aromatic rings. The van der Waals surface area contributed by atoms with E-state index in [4.69, 9.17) is 0 Å². The Morgan fingerprint density at radius 3 is 2.16 bits per heavy atom. The van der Waals surface area contributed by atoms with Crippen molar-refractivity contribution in [2.75, 3.05) is 0 Å². The molecular formula is C50H38N4S. The van der Waals surface area contributed by atoms with Gasteiger partial charge < -0.3 is 14.3 Å². The highest BCUT2D eigenvalue weighted by molar-refractivity contribution is 7.20. The molecule has 1 N–H and O–H groups in total. The van der Waals surface area contributed by atoms with Crippen molar-refractivity contribution in [2.45, 2.75) is 13.0 Å². The lowest BCUT2D eigenvalue weighted by atomic mass is 9.95. The van der Waals surface area contributed by atoms with Crippen molar-refractivity contribution in [3.63, 3.8) is 0 Å². The highest BCUT2D eigenvalue weighted by Gasteiger charge is 2.22. The average molecular weight is 727 g/mol. The molecule has 0 saturated heterocycles. The van der Waals surface area contributed by atoms with E-state index in [0.29, 0.717) is 0 Å². The summed E-state index contributed by atoms with van der Waals surface area (Å²) in [4.78, 5) is 5.65. The van der Waals surface area contributed by atoms with Crippen LogP contribution in [0.4, 0.5) is 0 Å². The number of hydrogen-bond acceptors (Lipinski definition) is 3. The molecule has 1 aliphatic heterocycles. The topological polar surface area (TPSA) is 33.7 Å². The number of nitrogens with one attached hydrogen (secondary N) is 1. The van der Waals surface area contributed by atoms with E-state index in [2.05, 4.69) is 168 Å². The zero-order valence-electron chi connectivity index (χ0n) is 30.8. The first kappa shape index (κ1) is 32.9. The minimum absolute atomic E-state index is 0.108. The Hall–Kier alpha value is -6.69. The van der Waals surface area contributed by atoms with Crippen LogP contribution in [0.1, 0.15) is 34.2 Å². The summed E-state index contributed by atoms with van der Waals surface area (Å²) in [5.41, 5.74) is 12.2. The second kappa shape index (κ2) is 12.7. The van der Waals surface area contributed by atoms with Crippen LogP contribution in [0.2, 0.25) is 0 Å². The summed E-state index contributed by atoms with van der Waals surface area (Å²) in [6.07, 6.45) is 20.2. The monoisotopic (exact) mass is 726 g/mol. The van der Waals surface area contributed by atoms with Crippen molar-refractivity contribution in [3.8, 4) is 0 Å². The molecule has 0 saturated carbocycles. The molecule has 5 heterocycles. The van der Waals surface area contributed by atoms with Crippen LogP contribution < -0.4 is 5.32 Å². The standard InChI is InChI=1S/C30H22N2.C20H16N2S/c1-4-9-18-22-14-16-25-23(28(22)31(3)26(18)5-2)15-17-24-21-12-8-11-20-19-10-6-7-13-27(19)32(29(20)21)30(24)25;1-3-14-16-11-13(9-10-19(16)23-18(14)4-2)20-15-7-5-6-8-17(15)21-12-22-20/h4-17H,2H2,1,3H3;3-12,17H,1-2H2,(H,21,22)/b9-4-;. The Morgan fingerprint density at radius 2 is 1.42 bits per heavy atom. The van der Waals surface area contributed by atoms with Crippen LogP contribution >= 0.6 is 11.3 Å². The number of benzene rings is 5. The number of aromatic nitrogens is 2. The van der Waals surface area contributed by atoms with Gasteiger partial charge in [-0.1, -0.05) is 135 Å². The second-order valence-corrected chi connectivity index (χ2v) is 15.2. The van der Waals surface area contributed by atoms with Gasteiger partial charge in [-0.25, -0.2) is 0 Å². The summed E-state index contributed by atoms with van der Waals surface area (Å²) >= 11 is 1.75. The van der Waals surface area contributed by atoms with Crippen molar-refractivity contribution >= 4 is 118 Å². The van der Waals surface area contributed by atoms with E-state index in [1.165, 1.54) is 91.4 Å². The number of allylic oxidation sites excluding steroid dienone is 3. The largest absolute Gasteiger partial charge is 0.346 e. The van der Waals surface area contributed by atoms with E-state index in [-0.39, 0.29) is 6.04 Å². The number of thiophene rings is 1. The molecule has 0 radical (unpaired) electrons. The fourth-order valence-electron chi connectivity index (χ4n) is 8.97. The molecule has 5 aromatic carbocycles. The van der Waals surface area contributed by atoms with Crippen LogP contribution in [0, 0.1) is 0 Å². The first-order valence-electron chi connectivity index (χ1n) is 18.6. The van der Waals surface area contributed by atoms with Gasteiger partial charge >= 0.3 is 0 Å². The lowest BCUT2D eigenvalue weighted by Gasteiger charge is -2.22. The maximum absolute atomic E-state index is 4.48. The SMILES string of the molecule is C=Cc1c(/C=C\C)c2ccc3c(ccc4c5cccc6c7ccccc7n(c34)c65)c2n1C.C=Cc1sc2ccc(C3=C4C=CC=CC4N=CN3)cc2c1C=C. The fourth-order valence-corrected chi connectivity index (χ4v) is 10.0. The molecule has 0 spiro atoms. The van der Waals surface area contributed by atoms with Gasteiger partial charge in [0.25, 0.3) is 0 Å². The molecule has 1 aliphatic carbocycles. The summed E-state index contributed by atoms with van der Waals surface area (Å²) in [6.45, 7) is 14.0. The molecule has 11 rings (SSSR count). The molecule has 1 unspecified atom stereocenters.